The average molecular weight is 273 g/mol. The van der Waals surface area contributed by atoms with E-state index in [0.29, 0.717) is 16.2 Å². The van der Waals surface area contributed by atoms with E-state index in [9.17, 15) is 14.4 Å². The number of carboxylic acids is 1. The molecular weight excluding hydrogens is 261 g/mol. The van der Waals surface area contributed by atoms with Crippen LogP contribution >= 0.6 is 0 Å². The van der Waals surface area contributed by atoms with Crippen molar-refractivity contribution in [1.82, 2.24) is 0 Å². The van der Waals surface area contributed by atoms with Gasteiger partial charge in [-0.15, -0.1) is 0 Å². The summed E-state index contributed by atoms with van der Waals surface area (Å²) in [7, 11) is 0. The van der Waals surface area contributed by atoms with Crippen LogP contribution < -0.4 is 4.73 Å². The van der Waals surface area contributed by atoms with Gasteiger partial charge in [0.15, 0.2) is 0 Å². The van der Waals surface area contributed by atoms with E-state index in [2.05, 4.69) is 0 Å². The maximum atomic E-state index is 12.9. The molecule has 1 fully saturated rings. The standard InChI is InChI=1S/C15H12FNO3/c16-12-5-3-10(4-6-12)13-7-11(9-1-2-9)8-14(15(18)19)17(13)20/h3-9H,1-2H2,(H,18,19). The highest BCUT2D eigenvalue weighted by Gasteiger charge is 2.29. The minimum Gasteiger partial charge on any atom is -0.618 e. The number of carbonyl (C=O) groups is 1. The van der Waals surface area contributed by atoms with E-state index in [0.717, 1.165) is 18.4 Å². The number of aromatic carboxylic acids is 1. The summed E-state index contributed by atoms with van der Waals surface area (Å²) in [5, 5.41) is 21.3. The molecule has 1 aliphatic carbocycles. The fourth-order valence-electron chi connectivity index (χ4n) is 2.23. The first kappa shape index (κ1) is 12.6. The smallest absolute Gasteiger partial charge is 0.402 e. The van der Waals surface area contributed by atoms with Crippen LogP contribution in [0.15, 0.2) is 36.4 Å². The molecule has 1 N–H and O–H groups in total. The number of nitrogens with zero attached hydrogens (tertiary/aromatic N) is 1. The first-order valence-corrected chi connectivity index (χ1v) is 6.33. The molecule has 0 unspecified atom stereocenters. The molecule has 3 rings (SSSR count). The molecule has 1 aromatic carbocycles. The third-order valence-corrected chi connectivity index (χ3v) is 3.45. The van der Waals surface area contributed by atoms with E-state index in [4.69, 9.17) is 5.11 Å². The SMILES string of the molecule is O=C(O)c1cc(C2CC2)cc(-c2ccc(F)cc2)[n+]1[O-]. The van der Waals surface area contributed by atoms with Gasteiger partial charge in [0, 0.05) is 17.7 Å². The number of aromatic nitrogens is 1. The summed E-state index contributed by atoms with van der Waals surface area (Å²) in [6.07, 6.45) is 2.01. The molecule has 2 aromatic rings. The van der Waals surface area contributed by atoms with Crippen LogP contribution in [0.2, 0.25) is 0 Å². The molecule has 20 heavy (non-hydrogen) atoms. The van der Waals surface area contributed by atoms with Gasteiger partial charge in [0.25, 0.3) is 0 Å². The fourth-order valence-corrected chi connectivity index (χ4v) is 2.23. The second-order valence-electron chi connectivity index (χ2n) is 4.94. The molecule has 0 atom stereocenters. The zero-order valence-corrected chi connectivity index (χ0v) is 10.5. The Balaban J connectivity index is 2.17. The predicted octanol–water partition coefficient (Wildman–Crippen LogP) is 2.70. The van der Waals surface area contributed by atoms with Crippen molar-refractivity contribution in [1.29, 1.82) is 0 Å². The Morgan fingerprint density at radius 2 is 1.90 bits per heavy atom. The molecule has 102 valence electrons. The molecule has 0 saturated heterocycles. The minimum absolute atomic E-state index is 0.242. The van der Waals surface area contributed by atoms with E-state index in [1.165, 1.54) is 30.3 Å². The lowest BCUT2D eigenvalue weighted by molar-refractivity contribution is -0.596. The van der Waals surface area contributed by atoms with Crippen LogP contribution in [0.4, 0.5) is 4.39 Å². The van der Waals surface area contributed by atoms with Crippen molar-refractivity contribution in [2.45, 2.75) is 18.8 Å². The highest BCUT2D eigenvalue weighted by atomic mass is 19.1. The van der Waals surface area contributed by atoms with E-state index < -0.39 is 11.8 Å². The molecule has 1 aromatic heterocycles. The number of benzene rings is 1. The molecule has 0 amide bonds. The normalized spacial score (nSPS) is 14.2. The third kappa shape index (κ3) is 2.22. The Kier molecular flexibility index (Phi) is 2.89. The van der Waals surface area contributed by atoms with Crippen LogP contribution in [0.3, 0.4) is 0 Å². The maximum absolute atomic E-state index is 12.9. The maximum Gasteiger partial charge on any atom is 0.402 e. The van der Waals surface area contributed by atoms with Gasteiger partial charge >= 0.3 is 11.7 Å². The molecule has 0 spiro atoms. The number of hydrogen-bond donors (Lipinski definition) is 1. The topological polar surface area (TPSA) is 64.2 Å². The number of rotatable bonds is 3. The first-order valence-electron chi connectivity index (χ1n) is 6.33. The van der Waals surface area contributed by atoms with Gasteiger partial charge in [-0.05, 0) is 48.6 Å². The van der Waals surface area contributed by atoms with Crippen LogP contribution in [0, 0.1) is 11.0 Å². The monoisotopic (exact) mass is 273 g/mol. The quantitative estimate of drug-likeness (QED) is 0.690. The first-order chi connectivity index (χ1) is 9.56. The summed E-state index contributed by atoms with van der Waals surface area (Å²) < 4.78 is 13.3. The summed E-state index contributed by atoms with van der Waals surface area (Å²) in [5.41, 5.74) is 1.31. The van der Waals surface area contributed by atoms with Gasteiger partial charge in [0.2, 0.25) is 5.69 Å². The molecule has 5 heteroatoms. The molecule has 0 bridgehead atoms. The summed E-state index contributed by atoms with van der Waals surface area (Å²) in [6.45, 7) is 0. The largest absolute Gasteiger partial charge is 0.618 e. The molecule has 1 heterocycles. The lowest BCUT2D eigenvalue weighted by atomic mass is 10.0. The van der Waals surface area contributed by atoms with Crippen molar-refractivity contribution in [2.75, 3.05) is 0 Å². The molecule has 4 nitrogen and oxygen atoms in total. The fraction of sp³-hybridized carbons (Fsp3) is 0.200. The molecule has 0 radical (unpaired) electrons. The van der Waals surface area contributed by atoms with Gasteiger partial charge < -0.3 is 10.3 Å². The van der Waals surface area contributed by atoms with E-state index in [1.54, 1.807) is 6.07 Å². The van der Waals surface area contributed by atoms with E-state index >= 15 is 0 Å². The van der Waals surface area contributed by atoms with Crippen LogP contribution in [0.1, 0.15) is 34.8 Å². The van der Waals surface area contributed by atoms with Gasteiger partial charge in [-0.25, -0.2) is 9.18 Å². The van der Waals surface area contributed by atoms with Gasteiger partial charge in [0.05, 0.1) is 0 Å². The lowest BCUT2D eigenvalue weighted by Gasteiger charge is -2.09. The average Bonchev–Trinajstić information content (AvgIpc) is 3.24. The molecular formula is C15H12FNO3. The van der Waals surface area contributed by atoms with E-state index in [-0.39, 0.29) is 11.4 Å². The third-order valence-electron chi connectivity index (χ3n) is 3.45. The molecule has 1 aliphatic rings. The van der Waals surface area contributed by atoms with Gasteiger partial charge in [-0.2, -0.15) is 4.73 Å². The summed E-state index contributed by atoms with van der Waals surface area (Å²) in [6, 6.07) is 8.58. The van der Waals surface area contributed by atoms with Crippen molar-refractivity contribution < 1.29 is 19.0 Å². The highest BCUT2D eigenvalue weighted by molar-refractivity contribution is 5.84. The van der Waals surface area contributed by atoms with E-state index in [1.807, 2.05) is 0 Å². The minimum atomic E-state index is -1.26. The second kappa shape index (κ2) is 4.59. The zero-order chi connectivity index (χ0) is 14.3. The van der Waals surface area contributed by atoms with Crippen molar-refractivity contribution in [3.05, 3.63) is 58.7 Å². The van der Waals surface area contributed by atoms with Crippen LogP contribution in [-0.4, -0.2) is 11.1 Å². The summed E-state index contributed by atoms with van der Waals surface area (Å²) in [4.78, 5) is 11.2. The van der Waals surface area contributed by atoms with Gasteiger partial charge in [-0.3, -0.25) is 0 Å². The van der Waals surface area contributed by atoms with Crippen molar-refractivity contribution in [3.8, 4) is 11.3 Å². The van der Waals surface area contributed by atoms with Crippen molar-refractivity contribution >= 4 is 5.97 Å². The Morgan fingerprint density at radius 3 is 2.45 bits per heavy atom. The van der Waals surface area contributed by atoms with Crippen molar-refractivity contribution in [2.24, 2.45) is 0 Å². The van der Waals surface area contributed by atoms with Gasteiger partial charge in [0.1, 0.15) is 5.82 Å². The van der Waals surface area contributed by atoms with Crippen LogP contribution in [0.25, 0.3) is 11.3 Å². The Hall–Kier alpha value is -2.43. The second-order valence-corrected chi connectivity index (χ2v) is 4.94. The highest BCUT2D eigenvalue weighted by Crippen LogP contribution is 2.40. The number of pyridine rings is 1. The predicted molar refractivity (Wildman–Crippen MR) is 69.7 cm³/mol. The Labute approximate surface area is 114 Å². The number of hydrogen-bond acceptors (Lipinski definition) is 2. The van der Waals surface area contributed by atoms with Crippen LogP contribution in [-0.2, 0) is 0 Å². The number of carboxylic acid groups (broad SMARTS) is 1. The lowest BCUT2D eigenvalue weighted by Crippen LogP contribution is -2.37. The summed E-state index contributed by atoms with van der Waals surface area (Å²) >= 11 is 0. The van der Waals surface area contributed by atoms with Crippen LogP contribution in [0.5, 0.6) is 0 Å². The molecule has 1 saturated carbocycles. The Bertz CT molecular complexity index is 678. The summed E-state index contributed by atoms with van der Waals surface area (Å²) in [5.74, 6) is -1.33. The van der Waals surface area contributed by atoms with Crippen molar-refractivity contribution in [3.63, 3.8) is 0 Å². The van der Waals surface area contributed by atoms with Gasteiger partial charge in [-0.1, -0.05) is 0 Å². The number of halogens is 1. The Morgan fingerprint density at radius 1 is 1.25 bits per heavy atom. The molecule has 0 aliphatic heterocycles. The zero-order valence-electron chi connectivity index (χ0n) is 10.5.